The molecule has 0 aromatic carbocycles. The van der Waals surface area contributed by atoms with Gasteiger partial charge in [0, 0.05) is 12.2 Å². The van der Waals surface area contributed by atoms with Crippen LogP contribution >= 0.6 is 0 Å². The molecule has 0 rings (SSSR count). The maximum absolute atomic E-state index is 9.55. The quantitative estimate of drug-likeness (QED) is 0.656. The molecule has 0 aromatic rings. The van der Waals surface area contributed by atoms with E-state index in [4.69, 9.17) is 10.2 Å². The van der Waals surface area contributed by atoms with Crippen molar-refractivity contribution in [1.29, 1.82) is 0 Å². The van der Waals surface area contributed by atoms with Crippen LogP contribution in [0.25, 0.3) is 0 Å². The lowest BCUT2D eigenvalue weighted by Crippen LogP contribution is -2.15. The molecule has 14 heavy (non-hydrogen) atoms. The Morgan fingerprint density at radius 2 is 1.36 bits per heavy atom. The molecular weight excluding hydrogens is 186 g/mol. The van der Waals surface area contributed by atoms with E-state index in [0.29, 0.717) is 12.2 Å². The minimum atomic E-state index is -1.26. The number of rotatable bonds is 4. The van der Waals surface area contributed by atoms with Crippen LogP contribution in [0.2, 0.25) is 0 Å². The predicted molar refractivity (Wildman–Crippen MR) is 53.3 cm³/mol. The highest BCUT2D eigenvalue weighted by molar-refractivity contribution is 5.89. The van der Waals surface area contributed by atoms with E-state index >= 15 is 0 Å². The van der Waals surface area contributed by atoms with Gasteiger partial charge in [-0.25, -0.2) is 9.59 Å². The van der Waals surface area contributed by atoms with Crippen LogP contribution in [0.15, 0.2) is 12.2 Å². The van der Waals surface area contributed by atoms with E-state index in [1.165, 1.54) is 0 Å². The van der Waals surface area contributed by atoms with Gasteiger partial charge in [0.25, 0.3) is 0 Å². The van der Waals surface area contributed by atoms with E-state index in [2.05, 4.69) is 25.8 Å². The molecule has 82 valence electrons. The molecule has 0 fully saturated rings. The minimum absolute atomic E-state index is 0.558. The second-order valence-electron chi connectivity index (χ2n) is 2.50. The first-order chi connectivity index (χ1) is 6.43. The summed E-state index contributed by atoms with van der Waals surface area (Å²) in [6.07, 6.45) is 1.12. The molecule has 5 heteroatoms. The number of carboxylic acid groups (broad SMARTS) is 2. The summed E-state index contributed by atoms with van der Waals surface area (Å²) in [4.78, 5) is 21.4. The molecule has 0 bridgehead atoms. The lowest BCUT2D eigenvalue weighted by atomic mass is 10.5. The van der Waals surface area contributed by atoms with E-state index in [9.17, 15) is 9.59 Å². The summed E-state index contributed by atoms with van der Waals surface area (Å²) in [7, 11) is 2.11. The van der Waals surface area contributed by atoms with Gasteiger partial charge in [-0.3, -0.25) is 0 Å². The fourth-order valence-corrected chi connectivity index (χ4v) is 0.366. The summed E-state index contributed by atoms with van der Waals surface area (Å²) >= 11 is 0. The fourth-order valence-electron chi connectivity index (χ4n) is 0.366. The summed E-state index contributed by atoms with van der Waals surface area (Å²) in [5, 5.41) is 15.6. The zero-order valence-corrected chi connectivity index (χ0v) is 8.73. The summed E-state index contributed by atoms with van der Waals surface area (Å²) in [5.41, 5.74) is 0. The van der Waals surface area contributed by atoms with Crippen molar-refractivity contribution < 1.29 is 19.8 Å². The van der Waals surface area contributed by atoms with Crippen LogP contribution in [-0.4, -0.2) is 47.2 Å². The van der Waals surface area contributed by atoms with Crippen LogP contribution in [0.3, 0.4) is 0 Å². The third-order valence-corrected chi connectivity index (χ3v) is 1.45. The van der Waals surface area contributed by atoms with E-state index in [-0.39, 0.29) is 0 Å². The Hall–Kier alpha value is -1.36. The first-order valence-corrected chi connectivity index (χ1v) is 4.26. The van der Waals surface area contributed by atoms with Crippen molar-refractivity contribution in [2.75, 3.05) is 20.1 Å². The SMILES string of the molecule is CCN(C)CC.O=C(O)/C=C\C(=O)O. The second-order valence-corrected chi connectivity index (χ2v) is 2.50. The average molecular weight is 203 g/mol. The van der Waals surface area contributed by atoms with Crippen LogP contribution in [-0.2, 0) is 9.59 Å². The highest BCUT2D eigenvalue weighted by Gasteiger charge is 1.88. The average Bonchev–Trinajstić information content (AvgIpc) is 2.14. The topological polar surface area (TPSA) is 77.8 Å². The smallest absolute Gasteiger partial charge is 0.328 e. The highest BCUT2D eigenvalue weighted by atomic mass is 16.4. The van der Waals surface area contributed by atoms with Gasteiger partial charge in [-0.1, -0.05) is 13.8 Å². The molecule has 0 saturated heterocycles. The molecule has 2 N–H and O–H groups in total. The molecule has 5 nitrogen and oxygen atoms in total. The zero-order valence-electron chi connectivity index (χ0n) is 8.73. The first kappa shape index (κ1) is 15.1. The number of carbonyl (C=O) groups is 2. The molecule has 0 atom stereocenters. The Kier molecular flexibility index (Phi) is 10.5. The van der Waals surface area contributed by atoms with Crippen molar-refractivity contribution in [3.63, 3.8) is 0 Å². The maximum atomic E-state index is 9.55. The lowest BCUT2D eigenvalue weighted by molar-refractivity contribution is -0.134. The fraction of sp³-hybridized carbons (Fsp3) is 0.556. The van der Waals surface area contributed by atoms with Crippen molar-refractivity contribution >= 4 is 11.9 Å². The standard InChI is InChI=1S/C5H13N.C4H4O4/c1-4-6(3)5-2;5-3(6)1-2-4(7)8/h4-5H2,1-3H3;1-2H,(H,5,6)(H,7,8)/b;2-1-. The molecular formula is C9H17NO4. The molecule has 0 radical (unpaired) electrons. The van der Waals surface area contributed by atoms with Crippen molar-refractivity contribution in [1.82, 2.24) is 4.90 Å². The number of nitrogens with zero attached hydrogens (tertiary/aromatic N) is 1. The number of carboxylic acids is 2. The minimum Gasteiger partial charge on any atom is -0.478 e. The van der Waals surface area contributed by atoms with Gasteiger partial charge in [0.2, 0.25) is 0 Å². The Labute approximate surface area is 83.6 Å². The van der Waals surface area contributed by atoms with Crippen LogP contribution in [0.1, 0.15) is 13.8 Å². The Bertz CT molecular complexity index is 181. The maximum Gasteiger partial charge on any atom is 0.328 e. The highest BCUT2D eigenvalue weighted by Crippen LogP contribution is 1.73. The molecule has 0 amide bonds. The van der Waals surface area contributed by atoms with Crippen molar-refractivity contribution in [2.24, 2.45) is 0 Å². The molecule has 0 heterocycles. The lowest BCUT2D eigenvalue weighted by Gasteiger charge is -2.07. The van der Waals surface area contributed by atoms with Gasteiger partial charge >= 0.3 is 11.9 Å². The van der Waals surface area contributed by atoms with Crippen LogP contribution in [0, 0.1) is 0 Å². The van der Waals surface area contributed by atoms with Crippen LogP contribution in [0.4, 0.5) is 0 Å². The third-order valence-electron chi connectivity index (χ3n) is 1.45. The van der Waals surface area contributed by atoms with Crippen molar-refractivity contribution in [2.45, 2.75) is 13.8 Å². The van der Waals surface area contributed by atoms with E-state index in [0.717, 1.165) is 13.1 Å². The van der Waals surface area contributed by atoms with Crippen molar-refractivity contribution in [3.05, 3.63) is 12.2 Å². The molecule has 0 unspecified atom stereocenters. The second kappa shape index (κ2) is 9.73. The van der Waals surface area contributed by atoms with Gasteiger partial charge in [0.1, 0.15) is 0 Å². The summed E-state index contributed by atoms with van der Waals surface area (Å²) in [6.45, 7) is 6.64. The van der Waals surface area contributed by atoms with Gasteiger partial charge in [-0.05, 0) is 20.1 Å². The van der Waals surface area contributed by atoms with Gasteiger partial charge in [0.15, 0.2) is 0 Å². The van der Waals surface area contributed by atoms with Gasteiger partial charge in [-0.2, -0.15) is 0 Å². The van der Waals surface area contributed by atoms with Crippen molar-refractivity contribution in [3.8, 4) is 0 Å². The van der Waals surface area contributed by atoms with E-state index < -0.39 is 11.9 Å². The Morgan fingerprint density at radius 1 is 1.07 bits per heavy atom. The number of aliphatic carboxylic acids is 2. The van der Waals surface area contributed by atoms with Crippen LogP contribution in [0.5, 0.6) is 0 Å². The molecule has 0 aliphatic heterocycles. The molecule has 0 aliphatic carbocycles. The first-order valence-electron chi connectivity index (χ1n) is 4.26. The summed E-state index contributed by atoms with van der Waals surface area (Å²) in [5.74, 6) is -2.51. The molecule has 0 saturated carbocycles. The van der Waals surface area contributed by atoms with Gasteiger partial charge in [-0.15, -0.1) is 0 Å². The third kappa shape index (κ3) is 16.9. The molecule has 0 aromatic heterocycles. The monoisotopic (exact) mass is 203 g/mol. The zero-order chi connectivity index (χ0) is 11.6. The Balaban J connectivity index is 0. The molecule has 0 aliphatic rings. The van der Waals surface area contributed by atoms with Crippen LogP contribution < -0.4 is 0 Å². The normalized spacial score (nSPS) is 9.71. The largest absolute Gasteiger partial charge is 0.478 e. The Morgan fingerprint density at radius 3 is 1.43 bits per heavy atom. The summed E-state index contributed by atoms with van der Waals surface area (Å²) < 4.78 is 0. The van der Waals surface area contributed by atoms with Gasteiger partial charge < -0.3 is 15.1 Å². The van der Waals surface area contributed by atoms with E-state index in [1.807, 2.05) is 0 Å². The summed E-state index contributed by atoms with van der Waals surface area (Å²) in [6, 6.07) is 0. The number of hydrogen-bond acceptors (Lipinski definition) is 3. The van der Waals surface area contributed by atoms with E-state index in [1.54, 1.807) is 0 Å². The number of hydrogen-bond donors (Lipinski definition) is 2. The predicted octanol–water partition coefficient (Wildman–Crippen LogP) is 0.670. The van der Waals surface area contributed by atoms with Gasteiger partial charge in [0.05, 0.1) is 0 Å². The molecule has 0 spiro atoms.